The standard InChI is InChI=1S/C26H20F3N2/c1-13-11-14(2)23-21(15(13)3)25-22-18(19(12-30(25)4)26(27,28)29)10-9-17-16-7-5-6-8-20(16)31(23)24(17)22/h5-12H,1-4H3/q+1. The second-order valence-corrected chi connectivity index (χ2v) is 8.60. The molecule has 0 aliphatic heterocycles. The zero-order chi connectivity index (χ0) is 21.8. The molecule has 0 bridgehead atoms. The maximum atomic E-state index is 14.0. The van der Waals surface area contributed by atoms with Crippen LogP contribution in [0.15, 0.2) is 48.7 Å². The summed E-state index contributed by atoms with van der Waals surface area (Å²) in [6.45, 7) is 6.21. The van der Waals surface area contributed by atoms with Gasteiger partial charge in [-0.15, -0.1) is 0 Å². The number of aryl methyl sites for hydroxylation is 4. The molecular formula is C26H20F3N2+. The normalized spacial score (nSPS) is 13.0. The molecule has 0 saturated heterocycles. The molecule has 0 radical (unpaired) electrons. The van der Waals surface area contributed by atoms with Crippen molar-refractivity contribution in [3.63, 3.8) is 0 Å². The highest BCUT2D eigenvalue weighted by molar-refractivity contribution is 6.27. The third-order valence-electron chi connectivity index (χ3n) is 6.81. The topological polar surface area (TPSA) is 8.29 Å². The molecule has 6 aromatic rings. The first-order valence-corrected chi connectivity index (χ1v) is 10.3. The predicted molar refractivity (Wildman–Crippen MR) is 119 cm³/mol. The molecule has 3 aromatic heterocycles. The highest BCUT2D eigenvalue weighted by Gasteiger charge is 2.38. The molecular weight excluding hydrogens is 397 g/mol. The maximum Gasteiger partial charge on any atom is 0.422 e. The molecule has 3 heterocycles. The molecule has 2 nitrogen and oxygen atoms in total. The minimum Gasteiger partial charge on any atom is -0.307 e. The summed E-state index contributed by atoms with van der Waals surface area (Å²) in [4.78, 5) is 0. The maximum absolute atomic E-state index is 14.0. The van der Waals surface area contributed by atoms with Gasteiger partial charge in [-0.2, -0.15) is 17.7 Å². The second kappa shape index (κ2) is 5.67. The van der Waals surface area contributed by atoms with Crippen LogP contribution in [0.25, 0.3) is 49.0 Å². The molecule has 0 aliphatic rings. The molecule has 0 unspecified atom stereocenters. The number of fused-ring (bicyclic) bond motifs is 6. The lowest BCUT2D eigenvalue weighted by molar-refractivity contribution is -0.644. The van der Waals surface area contributed by atoms with E-state index in [9.17, 15) is 13.2 Å². The Balaban J connectivity index is 2.12. The number of pyridine rings is 2. The van der Waals surface area contributed by atoms with Crippen molar-refractivity contribution in [2.45, 2.75) is 26.9 Å². The Morgan fingerprint density at radius 3 is 2.26 bits per heavy atom. The van der Waals surface area contributed by atoms with Gasteiger partial charge in [0.05, 0.1) is 27.3 Å². The van der Waals surface area contributed by atoms with Gasteiger partial charge >= 0.3 is 6.18 Å². The number of aromatic nitrogens is 2. The molecule has 0 saturated carbocycles. The van der Waals surface area contributed by atoms with Crippen LogP contribution in [0.1, 0.15) is 22.3 Å². The van der Waals surface area contributed by atoms with Crippen molar-refractivity contribution in [3.8, 4) is 0 Å². The number of benzene rings is 3. The van der Waals surface area contributed by atoms with E-state index in [1.54, 1.807) is 17.7 Å². The Morgan fingerprint density at radius 1 is 0.806 bits per heavy atom. The molecule has 3 aromatic carbocycles. The third kappa shape index (κ3) is 2.16. The van der Waals surface area contributed by atoms with Crippen LogP contribution >= 0.6 is 0 Å². The van der Waals surface area contributed by atoms with E-state index in [0.29, 0.717) is 5.39 Å². The van der Waals surface area contributed by atoms with Crippen LogP contribution in [-0.2, 0) is 13.2 Å². The Hall–Kier alpha value is -3.34. The molecule has 5 heteroatoms. The van der Waals surface area contributed by atoms with Gasteiger partial charge in [-0.25, -0.2) is 0 Å². The molecule has 0 spiro atoms. The van der Waals surface area contributed by atoms with Gasteiger partial charge in [-0.3, -0.25) is 0 Å². The van der Waals surface area contributed by atoms with E-state index in [-0.39, 0.29) is 5.39 Å². The summed E-state index contributed by atoms with van der Waals surface area (Å²) in [6, 6.07) is 13.7. The number of hydrogen-bond acceptors (Lipinski definition) is 0. The van der Waals surface area contributed by atoms with Gasteiger partial charge in [0.1, 0.15) is 12.6 Å². The van der Waals surface area contributed by atoms with E-state index in [1.807, 2.05) is 18.2 Å². The van der Waals surface area contributed by atoms with Crippen LogP contribution in [0, 0.1) is 20.8 Å². The highest BCUT2D eigenvalue weighted by atomic mass is 19.4. The van der Waals surface area contributed by atoms with E-state index in [4.69, 9.17) is 0 Å². The zero-order valence-corrected chi connectivity index (χ0v) is 17.6. The molecule has 31 heavy (non-hydrogen) atoms. The van der Waals surface area contributed by atoms with Crippen molar-refractivity contribution in [3.05, 3.63) is 70.9 Å². The van der Waals surface area contributed by atoms with E-state index < -0.39 is 11.7 Å². The molecule has 0 fully saturated rings. The lowest BCUT2D eigenvalue weighted by Crippen LogP contribution is -2.32. The quantitative estimate of drug-likeness (QED) is 0.147. The molecule has 154 valence electrons. The van der Waals surface area contributed by atoms with Gasteiger partial charge in [0, 0.05) is 16.2 Å². The average Bonchev–Trinajstić information content (AvgIpc) is 3.05. The van der Waals surface area contributed by atoms with Gasteiger partial charge in [-0.05, 0) is 43.5 Å². The van der Waals surface area contributed by atoms with Crippen LogP contribution in [0.5, 0.6) is 0 Å². The smallest absolute Gasteiger partial charge is 0.307 e. The molecule has 6 rings (SSSR count). The molecule has 0 aliphatic carbocycles. The molecule has 0 amide bonds. The SMILES string of the molecule is Cc1cc(C)c2c(c1C)c1c3c(ccc4c5ccccc5n2c43)c(C(F)(F)F)c[n+]1C. The number of para-hydroxylation sites is 1. The Labute approximate surface area is 176 Å². The summed E-state index contributed by atoms with van der Waals surface area (Å²) in [7, 11) is 1.72. The Bertz CT molecular complexity index is 1700. The van der Waals surface area contributed by atoms with Crippen LogP contribution in [0.4, 0.5) is 13.2 Å². The lowest BCUT2D eigenvalue weighted by atomic mass is 9.94. The van der Waals surface area contributed by atoms with Crippen LogP contribution in [-0.4, -0.2) is 4.40 Å². The summed E-state index contributed by atoms with van der Waals surface area (Å²) >= 11 is 0. The van der Waals surface area contributed by atoms with E-state index in [2.05, 4.69) is 43.4 Å². The van der Waals surface area contributed by atoms with Gasteiger partial charge in [0.15, 0.2) is 6.20 Å². The summed E-state index contributed by atoms with van der Waals surface area (Å²) in [5, 5.41) is 3.97. The first-order valence-electron chi connectivity index (χ1n) is 10.3. The first-order chi connectivity index (χ1) is 14.7. The van der Waals surface area contributed by atoms with Gasteiger partial charge in [0.2, 0.25) is 5.52 Å². The number of halogens is 3. The minimum absolute atomic E-state index is 0.251. The number of hydrogen-bond donors (Lipinski definition) is 0. The van der Waals surface area contributed by atoms with E-state index >= 15 is 0 Å². The van der Waals surface area contributed by atoms with Crippen molar-refractivity contribution >= 4 is 49.0 Å². The van der Waals surface area contributed by atoms with Crippen molar-refractivity contribution in [2.75, 3.05) is 0 Å². The Kier molecular flexibility index (Phi) is 3.37. The third-order valence-corrected chi connectivity index (χ3v) is 6.81. The number of rotatable bonds is 0. The lowest BCUT2D eigenvalue weighted by Gasteiger charge is -2.18. The van der Waals surface area contributed by atoms with Crippen molar-refractivity contribution < 1.29 is 17.7 Å². The van der Waals surface area contributed by atoms with E-state index in [1.165, 1.54) is 6.20 Å². The van der Waals surface area contributed by atoms with Gasteiger partial charge in [0.25, 0.3) is 0 Å². The zero-order valence-electron chi connectivity index (χ0n) is 17.6. The predicted octanol–water partition coefficient (Wildman–Crippen LogP) is 6.76. The Morgan fingerprint density at radius 2 is 1.52 bits per heavy atom. The summed E-state index contributed by atoms with van der Waals surface area (Å²) in [6.07, 6.45) is -3.19. The number of alkyl halides is 3. The van der Waals surface area contributed by atoms with Crippen molar-refractivity contribution in [2.24, 2.45) is 7.05 Å². The molecule has 0 N–H and O–H groups in total. The molecule has 0 atom stereocenters. The summed E-state index contributed by atoms with van der Waals surface area (Å²) in [5.41, 5.74) is 6.53. The number of nitrogens with zero attached hydrogens (tertiary/aromatic N) is 2. The van der Waals surface area contributed by atoms with Gasteiger partial charge in [-0.1, -0.05) is 36.4 Å². The van der Waals surface area contributed by atoms with Crippen molar-refractivity contribution in [1.82, 2.24) is 4.40 Å². The fourth-order valence-corrected chi connectivity index (χ4v) is 5.44. The summed E-state index contributed by atoms with van der Waals surface area (Å²) in [5.74, 6) is 0. The fraction of sp³-hybridized carbons (Fsp3) is 0.192. The summed E-state index contributed by atoms with van der Waals surface area (Å²) < 4.78 is 45.9. The highest BCUT2D eigenvalue weighted by Crippen LogP contribution is 2.45. The van der Waals surface area contributed by atoms with Gasteiger partial charge < -0.3 is 4.40 Å². The average molecular weight is 417 g/mol. The largest absolute Gasteiger partial charge is 0.422 e. The van der Waals surface area contributed by atoms with Crippen LogP contribution < -0.4 is 4.57 Å². The second-order valence-electron chi connectivity index (χ2n) is 8.60. The minimum atomic E-state index is -4.43. The fourth-order valence-electron chi connectivity index (χ4n) is 5.44. The van der Waals surface area contributed by atoms with Crippen LogP contribution in [0.2, 0.25) is 0 Å². The monoisotopic (exact) mass is 417 g/mol. The van der Waals surface area contributed by atoms with E-state index in [0.717, 1.165) is 54.9 Å². The van der Waals surface area contributed by atoms with Crippen molar-refractivity contribution in [1.29, 1.82) is 0 Å². The van der Waals surface area contributed by atoms with Crippen LogP contribution in [0.3, 0.4) is 0 Å². The first kappa shape index (κ1) is 18.4.